The molecule has 0 spiro atoms. The number of allylic oxidation sites excluding steroid dienone is 2. The summed E-state index contributed by atoms with van der Waals surface area (Å²) in [5.41, 5.74) is 3.27. The van der Waals surface area contributed by atoms with E-state index in [1.54, 1.807) is 0 Å². The summed E-state index contributed by atoms with van der Waals surface area (Å²) in [6.07, 6.45) is 2.52. The molecule has 86 valence electrons. The zero-order valence-corrected chi connectivity index (χ0v) is 10.7. The molecule has 0 saturated carbocycles. The zero-order chi connectivity index (χ0) is 12.1. The smallest absolute Gasteiger partial charge is 0.245 e. The predicted molar refractivity (Wildman–Crippen MR) is 69.5 cm³/mol. The van der Waals surface area contributed by atoms with Crippen molar-refractivity contribution in [2.24, 2.45) is 5.92 Å². The third-order valence-corrected chi connectivity index (χ3v) is 2.49. The normalized spacial score (nSPS) is 11.9. The maximum absolute atomic E-state index is 10.7. The van der Waals surface area contributed by atoms with E-state index in [9.17, 15) is 4.79 Å². The molecular formula is C14H17ClO. The van der Waals surface area contributed by atoms with Gasteiger partial charge in [-0.15, -0.1) is 0 Å². The van der Waals surface area contributed by atoms with Crippen LogP contribution in [0.4, 0.5) is 0 Å². The molecule has 0 N–H and O–H groups in total. The highest BCUT2D eigenvalue weighted by molar-refractivity contribution is 6.66. The first-order valence-corrected chi connectivity index (χ1v) is 5.84. The Morgan fingerprint density at radius 1 is 1.31 bits per heavy atom. The van der Waals surface area contributed by atoms with Gasteiger partial charge in [0.2, 0.25) is 5.24 Å². The van der Waals surface area contributed by atoms with E-state index < -0.39 is 5.24 Å². The highest BCUT2D eigenvalue weighted by Gasteiger charge is 2.00. The molecule has 0 atom stereocenters. The Morgan fingerprint density at radius 2 is 1.88 bits per heavy atom. The van der Waals surface area contributed by atoms with Crippen LogP contribution < -0.4 is 0 Å². The number of carbonyl (C=O) groups is 1. The Kier molecular flexibility index (Phi) is 4.75. The summed E-state index contributed by atoms with van der Waals surface area (Å²) in [4.78, 5) is 10.7. The number of carbonyl (C=O) groups excluding carboxylic acids is 1. The molecule has 0 bridgehead atoms. The van der Waals surface area contributed by atoms with Gasteiger partial charge < -0.3 is 0 Å². The van der Waals surface area contributed by atoms with Crippen molar-refractivity contribution in [1.29, 1.82) is 0 Å². The van der Waals surface area contributed by atoms with E-state index in [0.717, 1.165) is 17.6 Å². The second-order valence-electron chi connectivity index (χ2n) is 4.43. The van der Waals surface area contributed by atoms with Gasteiger partial charge in [-0.2, -0.15) is 0 Å². The fourth-order valence-corrected chi connectivity index (χ4v) is 1.79. The van der Waals surface area contributed by atoms with E-state index in [4.69, 9.17) is 11.6 Å². The Hall–Kier alpha value is -1.08. The fourth-order valence-electron chi connectivity index (χ4n) is 1.63. The van der Waals surface area contributed by atoms with Crippen molar-refractivity contribution >= 4 is 22.4 Å². The number of hydrogen-bond donors (Lipinski definition) is 0. The van der Waals surface area contributed by atoms with Crippen molar-refractivity contribution in [2.45, 2.75) is 27.2 Å². The monoisotopic (exact) mass is 236 g/mol. The van der Waals surface area contributed by atoms with Gasteiger partial charge in [0.05, 0.1) is 0 Å². The molecule has 0 saturated heterocycles. The number of halogens is 1. The molecule has 1 rings (SSSR count). The predicted octanol–water partition coefficient (Wildman–Crippen LogP) is 4.05. The molecule has 0 heterocycles. The summed E-state index contributed by atoms with van der Waals surface area (Å²) in [7, 11) is 0. The highest BCUT2D eigenvalue weighted by atomic mass is 35.5. The maximum atomic E-state index is 10.7. The average molecular weight is 237 g/mol. The standard InChI is InChI=1S/C14H17ClO/c1-10(2)8-12-4-6-13(7-5-12)11(3)9-14(15)16/h4-7,9-10H,8H2,1-3H3. The lowest BCUT2D eigenvalue weighted by Crippen LogP contribution is -1.94. The number of rotatable bonds is 4. The Balaban J connectivity index is 2.82. The SMILES string of the molecule is CC(=CC(=O)Cl)c1ccc(CC(C)C)cc1. The third-order valence-electron chi connectivity index (χ3n) is 2.38. The van der Waals surface area contributed by atoms with Crippen LogP contribution in [0.1, 0.15) is 31.9 Å². The number of benzene rings is 1. The van der Waals surface area contributed by atoms with Crippen LogP contribution in [0.3, 0.4) is 0 Å². The van der Waals surface area contributed by atoms with Crippen molar-refractivity contribution in [3.05, 3.63) is 41.5 Å². The van der Waals surface area contributed by atoms with Gasteiger partial charge in [-0.1, -0.05) is 38.1 Å². The molecule has 16 heavy (non-hydrogen) atoms. The van der Waals surface area contributed by atoms with Crippen molar-refractivity contribution in [3.63, 3.8) is 0 Å². The topological polar surface area (TPSA) is 17.1 Å². The van der Waals surface area contributed by atoms with Gasteiger partial charge in [0.1, 0.15) is 0 Å². The van der Waals surface area contributed by atoms with E-state index in [2.05, 4.69) is 26.0 Å². The minimum Gasteiger partial charge on any atom is -0.276 e. The Morgan fingerprint density at radius 3 is 2.31 bits per heavy atom. The summed E-state index contributed by atoms with van der Waals surface area (Å²) in [5.74, 6) is 0.659. The van der Waals surface area contributed by atoms with E-state index in [0.29, 0.717) is 5.92 Å². The number of hydrogen-bond acceptors (Lipinski definition) is 1. The second-order valence-corrected chi connectivity index (χ2v) is 4.80. The van der Waals surface area contributed by atoms with Gasteiger partial charge in [-0.3, -0.25) is 4.79 Å². The molecule has 0 aromatic heterocycles. The van der Waals surface area contributed by atoms with Gasteiger partial charge in [-0.25, -0.2) is 0 Å². The van der Waals surface area contributed by atoms with Crippen LogP contribution in [0.25, 0.3) is 5.57 Å². The fraction of sp³-hybridized carbons (Fsp3) is 0.357. The summed E-state index contributed by atoms with van der Waals surface area (Å²) in [5, 5.41) is -0.427. The Labute approximate surface area is 102 Å². The van der Waals surface area contributed by atoms with Crippen molar-refractivity contribution in [1.82, 2.24) is 0 Å². The molecule has 1 aromatic rings. The van der Waals surface area contributed by atoms with E-state index in [-0.39, 0.29) is 0 Å². The van der Waals surface area contributed by atoms with Crippen LogP contribution in [0.5, 0.6) is 0 Å². The minimum atomic E-state index is -0.427. The molecule has 0 aliphatic heterocycles. The molecule has 0 fully saturated rings. The van der Waals surface area contributed by atoms with Crippen molar-refractivity contribution < 1.29 is 4.79 Å². The third kappa shape index (κ3) is 4.19. The molecule has 0 radical (unpaired) electrons. The quantitative estimate of drug-likeness (QED) is 0.569. The van der Waals surface area contributed by atoms with Crippen LogP contribution in [0.15, 0.2) is 30.3 Å². The van der Waals surface area contributed by atoms with Gasteiger partial charge >= 0.3 is 0 Å². The first-order chi connectivity index (χ1) is 7.49. The van der Waals surface area contributed by atoms with Crippen LogP contribution in [0.2, 0.25) is 0 Å². The molecule has 1 aromatic carbocycles. The minimum absolute atomic E-state index is 0.427. The first-order valence-electron chi connectivity index (χ1n) is 5.46. The molecular weight excluding hydrogens is 220 g/mol. The molecule has 0 unspecified atom stereocenters. The largest absolute Gasteiger partial charge is 0.276 e. The first kappa shape index (κ1) is 13.0. The van der Waals surface area contributed by atoms with Gasteiger partial charge in [-0.05, 0) is 47.6 Å². The molecule has 0 aliphatic carbocycles. The second kappa shape index (κ2) is 5.86. The summed E-state index contributed by atoms with van der Waals surface area (Å²) in [6.45, 7) is 6.29. The lowest BCUT2D eigenvalue weighted by Gasteiger charge is -2.06. The van der Waals surface area contributed by atoms with Crippen LogP contribution in [0, 0.1) is 5.92 Å². The van der Waals surface area contributed by atoms with Gasteiger partial charge in [0.15, 0.2) is 0 Å². The highest BCUT2D eigenvalue weighted by Crippen LogP contribution is 2.16. The lowest BCUT2D eigenvalue weighted by atomic mass is 10.00. The maximum Gasteiger partial charge on any atom is 0.245 e. The summed E-state index contributed by atoms with van der Waals surface area (Å²) in [6, 6.07) is 8.27. The van der Waals surface area contributed by atoms with E-state index in [1.807, 2.05) is 19.1 Å². The molecule has 0 aliphatic rings. The van der Waals surface area contributed by atoms with Crippen LogP contribution >= 0.6 is 11.6 Å². The molecule has 0 amide bonds. The van der Waals surface area contributed by atoms with Gasteiger partial charge in [0, 0.05) is 6.08 Å². The van der Waals surface area contributed by atoms with Crippen molar-refractivity contribution in [3.8, 4) is 0 Å². The van der Waals surface area contributed by atoms with Crippen LogP contribution in [-0.4, -0.2) is 5.24 Å². The zero-order valence-electron chi connectivity index (χ0n) is 9.96. The van der Waals surface area contributed by atoms with Crippen LogP contribution in [-0.2, 0) is 11.2 Å². The lowest BCUT2D eigenvalue weighted by molar-refractivity contribution is -0.107. The average Bonchev–Trinajstić information content (AvgIpc) is 2.16. The summed E-state index contributed by atoms with van der Waals surface area (Å²) < 4.78 is 0. The van der Waals surface area contributed by atoms with E-state index >= 15 is 0 Å². The molecule has 2 heteroatoms. The van der Waals surface area contributed by atoms with E-state index in [1.165, 1.54) is 11.6 Å². The Bertz CT molecular complexity index is 388. The van der Waals surface area contributed by atoms with Gasteiger partial charge in [0.25, 0.3) is 0 Å². The molecule has 1 nitrogen and oxygen atoms in total. The summed E-state index contributed by atoms with van der Waals surface area (Å²) >= 11 is 5.31. The van der Waals surface area contributed by atoms with Crippen molar-refractivity contribution in [2.75, 3.05) is 0 Å².